The number of nitro benzene ring substituents is 1. The van der Waals surface area contributed by atoms with Gasteiger partial charge in [0.25, 0.3) is 11.6 Å². The summed E-state index contributed by atoms with van der Waals surface area (Å²) in [7, 11) is 0. The first-order valence-electron chi connectivity index (χ1n) is 6.88. The maximum Gasteiger partial charge on any atom is 0.282 e. The smallest absolute Gasteiger partial charge is 0.282 e. The first kappa shape index (κ1) is 15.1. The number of hydrogen-bond donors (Lipinski definition) is 1. The van der Waals surface area contributed by atoms with Gasteiger partial charge in [0.05, 0.1) is 15.1 Å². The number of nitro groups is 1. The maximum atomic E-state index is 12.3. The summed E-state index contributed by atoms with van der Waals surface area (Å²) in [6, 6.07) is 9.87. The van der Waals surface area contributed by atoms with Crippen molar-refractivity contribution in [3.8, 4) is 0 Å². The number of anilines is 1. The molecule has 0 unspecified atom stereocenters. The lowest BCUT2D eigenvalue weighted by Crippen LogP contribution is -2.13. The molecule has 6 nitrogen and oxygen atoms in total. The normalized spacial score (nSPS) is 10.7. The van der Waals surface area contributed by atoms with Crippen molar-refractivity contribution in [3.05, 3.63) is 63.2 Å². The fourth-order valence-electron chi connectivity index (χ4n) is 2.41. The van der Waals surface area contributed by atoms with Gasteiger partial charge in [-0.15, -0.1) is 0 Å². The van der Waals surface area contributed by atoms with E-state index >= 15 is 0 Å². The number of benzene rings is 2. The first-order valence-corrected chi connectivity index (χ1v) is 7.70. The van der Waals surface area contributed by atoms with E-state index in [1.165, 1.54) is 29.5 Å². The number of nitrogens with zero attached hydrogens (tertiary/aromatic N) is 2. The predicted octanol–water partition coefficient (Wildman–Crippen LogP) is 4.07. The average molecular weight is 327 g/mol. The van der Waals surface area contributed by atoms with Crippen LogP contribution in [-0.4, -0.2) is 15.8 Å². The topological polar surface area (TPSA) is 85.1 Å². The number of hydrogen-bond acceptors (Lipinski definition) is 5. The van der Waals surface area contributed by atoms with E-state index in [0.717, 1.165) is 21.3 Å². The number of fused-ring (bicyclic) bond motifs is 1. The number of nitrogens with one attached hydrogen (secondary N) is 1. The summed E-state index contributed by atoms with van der Waals surface area (Å²) in [5.74, 6) is -0.536. The molecular weight excluding hydrogens is 314 g/mol. The second-order valence-electron chi connectivity index (χ2n) is 5.18. The van der Waals surface area contributed by atoms with Crippen molar-refractivity contribution in [2.24, 2.45) is 0 Å². The molecule has 2 aromatic carbocycles. The SMILES string of the molecule is Cc1cc(C)c2nc(NC(=O)c3ccccc3[N+](=O)[O-])sc2c1. The number of carbonyl (C=O) groups is 1. The van der Waals surface area contributed by atoms with Crippen LogP contribution in [0.15, 0.2) is 36.4 Å². The summed E-state index contributed by atoms with van der Waals surface area (Å²) in [6.45, 7) is 3.96. The Kier molecular flexibility index (Phi) is 3.79. The summed E-state index contributed by atoms with van der Waals surface area (Å²) >= 11 is 1.35. The monoisotopic (exact) mass is 327 g/mol. The molecule has 3 aromatic rings. The fourth-order valence-corrected chi connectivity index (χ4v) is 3.45. The van der Waals surface area contributed by atoms with Crippen molar-refractivity contribution in [2.45, 2.75) is 13.8 Å². The molecule has 0 aliphatic rings. The lowest BCUT2D eigenvalue weighted by atomic mass is 10.1. The quantitative estimate of drug-likeness (QED) is 0.580. The number of amides is 1. The Morgan fingerprint density at radius 2 is 2.00 bits per heavy atom. The molecule has 23 heavy (non-hydrogen) atoms. The summed E-state index contributed by atoms with van der Waals surface area (Å²) < 4.78 is 0.973. The lowest BCUT2D eigenvalue weighted by Gasteiger charge is -2.02. The number of aryl methyl sites for hydroxylation is 2. The van der Waals surface area contributed by atoms with Crippen LogP contribution in [0.1, 0.15) is 21.5 Å². The van der Waals surface area contributed by atoms with E-state index < -0.39 is 10.8 Å². The van der Waals surface area contributed by atoms with Gasteiger partial charge in [0, 0.05) is 6.07 Å². The van der Waals surface area contributed by atoms with Gasteiger partial charge >= 0.3 is 0 Å². The summed E-state index contributed by atoms with van der Waals surface area (Å²) in [5, 5.41) is 14.1. The second kappa shape index (κ2) is 5.77. The van der Waals surface area contributed by atoms with Gasteiger partial charge in [0.2, 0.25) is 0 Å². The van der Waals surface area contributed by atoms with Gasteiger partial charge < -0.3 is 0 Å². The Morgan fingerprint density at radius 1 is 1.26 bits per heavy atom. The molecule has 3 rings (SSSR count). The molecule has 116 valence electrons. The zero-order valence-corrected chi connectivity index (χ0v) is 13.3. The minimum Gasteiger partial charge on any atom is -0.298 e. The summed E-state index contributed by atoms with van der Waals surface area (Å²) in [6.07, 6.45) is 0. The molecule has 0 radical (unpaired) electrons. The van der Waals surface area contributed by atoms with Crippen molar-refractivity contribution >= 4 is 38.3 Å². The molecule has 0 saturated heterocycles. The number of thiazole rings is 1. The molecule has 1 amide bonds. The van der Waals surface area contributed by atoms with Crippen LogP contribution in [-0.2, 0) is 0 Å². The second-order valence-corrected chi connectivity index (χ2v) is 6.21. The van der Waals surface area contributed by atoms with E-state index in [1.807, 2.05) is 26.0 Å². The van der Waals surface area contributed by atoms with Crippen LogP contribution in [0.25, 0.3) is 10.2 Å². The number of carbonyl (C=O) groups excluding carboxylic acids is 1. The molecule has 0 fully saturated rings. The largest absolute Gasteiger partial charge is 0.298 e. The van der Waals surface area contributed by atoms with Gasteiger partial charge in [0.1, 0.15) is 5.56 Å². The molecule has 1 heterocycles. The highest BCUT2D eigenvalue weighted by atomic mass is 32.1. The van der Waals surface area contributed by atoms with Crippen LogP contribution in [0.4, 0.5) is 10.8 Å². The van der Waals surface area contributed by atoms with E-state index in [1.54, 1.807) is 6.07 Å². The molecule has 1 aromatic heterocycles. The molecule has 0 aliphatic heterocycles. The van der Waals surface area contributed by atoms with Crippen LogP contribution in [0.3, 0.4) is 0 Å². The van der Waals surface area contributed by atoms with Gasteiger partial charge in [-0.3, -0.25) is 20.2 Å². The van der Waals surface area contributed by atoms with Crippen molar-refractivity contribution in [2.75, 3.05) is 5.32 Å². The zero-order chi connectivity index (χ0) is 16.6. The minimum absolute atomic E-state index is 0.0182. The highest BCUT2D eigenvalue weighted by Gasteiger charge is 2.20. The Morgan fingerprint density at radius 3 is 2.74 bits per heavy atom. The molecule has 1 N–H and O–H groups in total. The molecule has 7 heteroatoms. The number of para-hydroxylation sites is 1. The van der Waals surface area contributed by atoms with Crippen molar-refractivity contribution in [3.63, 3.8) is 0 Å². The Bertz CT molecular complexity index is 933. The maximum absolute atomic E-state index is 12.3. The average Bonchev–Trinajstić information content (AvgIpc) is 2.89. The van der Waals surface area contributed by atoms with Crippen molar-refractivity contribution in [1.82, 2.24) is 4.98 Å². The van der Waals surface area contributed by atoms with Gasteiger partial charge in [0.15, 0.2) is 5.13 Å². The van der Waals surface area contributed by atoms with Gasteiger partial charge in [-0.25, -0.2) is 4.98 Å². The van der Waals surface area contributed by atoms with Crippen molar-refractivity contribution in [1.29, 1.82) is 0 Å². The Balaban J connectivity index is 1.95. The van der Waals surface area contributed by atoms with Crippen LogP contribution in [0.2, 0.25) is 0 Å². The third-order valence-corrected chi connectivity index (χ3v) is 4.31. The lowest BCUT2D eigenvalue weighted by molar-refractivity contribution is -0.385. The van der Waals surface area contributed by atoms with Crippen LogP contribution >= 0.6 is 11.3 Å². The molecule has 0 saturated carbocycles. The number of rotatable bonds is 3. The Hall–Kier alpha value is -2.80. The highest BCUT2D eigenvalue weighted by Crippen LogP contribution is 2.30. The van der Waals surface area contributed by atoms with E-state index in [9.17, 15) is 14.9 Å². The standard InChI is InChI=1S/C16H13N3O3S/c1-9-7-10(2)14-13(8-9)23-16(17-14)18-15(20)11-5-3-4-6-12(11)19(21)22/h3-8H,1-2H3,(H,17,18,20). The zero-order valence-electron chi connectivity index (χ0n) is 12.5. The molecular formula is C16H13N3O3S. The minimum atomic E-state index is -0.569. The fraction of sp³-hybridized carbons (Fsp3) is 0.125. The van der Waals surface area contributed by atoms with E-state index in [0.29, 0.717) is 5.13 Å². The van der Waals surface area contributed by atoms with Gasteiger partial charge in [-0.1, -0.05) is 29.5 Å². The predicted molar refractivity (Wildman–Crippen MR) is 90.1 cm³/mol. The van der Waals surface area contributed by atoms with Crippen LogP contribution in [0.5, 0.6) is 0 Å². The Labute approximate surface area is 135 Å². The molecule has 0 aliphatic carbocycles. The molecule has 0 bridgehead atoms. The highest BCUT2D eigenvalue weighted by molar-refractivity contribution is 7.22. The van der Waals surface area contributed by atoms with E-state index in [2.05, 4.69) is 10.3 Å². The summed E-state index contributed by atoms with van der Waals surface area (Å²) in [5.41, 5.74) is 2.78. The first-order chi connectivity index (χ1) is 11.0. The summed E-state index contributed by atoms with van der Waals surface area (Å²) in [4.78, 5) is 27.2. The van der Waals surface area contributed by atoms with Gasteiger partial charge in [-0.2, -0.15) is 0 Å². The van der Waals surface area contributed by atoms with E-state index in [4.69, 9.17) is 0 Å². The van der Waals surface area contributed by atoms with Gasteiger partial charge in [-0.05, 0) is 37.1 Å². The van der Waals surface area contributed by atoms with Crippen LogP contribution < -0.4 is 5.32 Å². The van der Waals surface area contributed by atoms with E-state index in [-0.39, 0.29) is 11.3 Å². The van der Waals surface area contributed by atoms with Crippen LogP contribution in [0, 0.1) is 24.0 Å². The molecule has 0 spiro atoms. The third-order valence-electron chi connectivity index (χ3n) is 3.40. The number of aromatic nitrogens is 1. The third kappa shape index (κ3) is 2.91. The van der Waals surface area contributed by atoms with Crippen molar-refractivity contribution < 1.29 is 9.72 Å². The molecule has 0 atom stereocenters.